The van der Waals surface area contributed by atoms with Gasteiger partial charge < -0.3 is 14.8 Å². The number of nitrogens with one attached hydrogen (secondary N) is 1. The lowest BCUT2D eigenvalue weighted by molar-refractivity contribution is -0.118. The van der Waals surface area contributed by atoms with Gasteiger partial charge in [-0.25, -0.2) is 4.98 Å². The van der Waals surface area contributed by atoms with Gasteiger partial charge in [0.15, 0.2) is 11.5 Å². The topological polar surface area (TPSA) is 60.5 Å². The number of rotatable bonds is 4. The Morgan fingerprint density at radius 2 is 1.90 bits per heavy atom. The molecule has 0 unspecified atom stereocenters. The van der Waals surface area contributed by atoms with Crippen LogP contribution in [0.15, 0.2) is 54.7 Å². The molecule has 148 valence electrons. The van der Waals surface area contributed by atoms with Gasteiger partial charge in [0, 0.05) is 13.2 Å². The molecule has 3 aromatic rings. The third-order valence-electron chi connectivity index (χ3n) is 5.79. The molecule has 1 N–H and O–H groups in total. The molecule has 0 atom stereocenters. The summed E-state index contributed by atoms with van der Waals surface area (Å²) < 4.78 is 10.9. The zero-order chi connectivity index (χ0) is 20.0. The Morgan fingerprint density at radius 3 is 2.66 bits per heavy atom. The summed E-state index contributed by atoms with van der Waals surface area (Å²) in [5.41, 5.74) is 4.95. The number of pyridine rings is 1. The maximum absolute atomic E-state index is 13.1. The highest BCUT2D eigenvalue weighted by Gasteiger charge is 2.51. The number of aryl methyl sites for hydroxylation is 2. The lowest BCUT2D eigenvalue weighted by atomic mass is 9.94. The largest absolute Gasteiger partial charge is 0.454 e. The van der Waals surface area contributed by atoms with E-state index >= 15 is 0 Å². The number of carbonyl (C=O) groups excluding carboxylic acids is 1. The van der Waals surface area contributed by atoms with Crippen LogP contribution in [0.4, 0.5) is 5.82 Å². The molecule has 5 heteroatoms. The number of hydrogen-bond donors (Lipinski definition) is 1. The van der Waals surface area contributed by atoms with Crippen molar-refractivity contribution in [2.45, 2.75) is 32.1 Å². The molecule has 2 heterocycles. The molecule has 0 radical (unpaired) electrons. The second-order valence-electron chi connectivity index (χ2n) is 7.86. The van der Waals surface area contributed by atoms with Crippen LogP contribution in [-0.4, -0.2) is 17.7 Å². The van der Waals surface area contributed by atoms with E-state index in [-0.39, 0.29) is 14.1 Å². The van der Waals surface area contributed by atoms with Crippen molar-refractivity contribution < 1.29 is 15.7 Å². The second-order valence-corrected chi connectivity index (χ2v) is 7.86. The maximum Gasteiger partial charge on any atom is 0.236 e. The molecule has 2 aromatic carbocycles. The number of amides is 1. The minimum absolute atomic E-state index is 0. The van der Waals surface area contributed by atoms with E-state index in [2.05, 4.69) is 35.4 Å². The molecular formula is C24H24N2O3. The number of aromatic nitrogens is 1. The number of anilines is 1. The molecule has 1 aliphatic carbocycles. The van der Waals surface area contributed by atoms with Gasteiger partial charge in [0.25, 0.3) is 0 Å². The summed E-state index contributed by atoms with van der Waals surface area (Å²) in [5, 5.41) is 3.02. The minimum atomic E-state index is -0.508. The molecule has 5 rings (SSSR count). The highest BCUT2D eigenvalue weighted by Crippen LogP contribution is 2.51. The molecule has 1 aliphatic heterocycles. The quantitative estimate of drug-likeness (QED) is 0.682. The molecule has 0 saturated heterocycles. The van der Waals surface area contributed by atoms with E-state index in [1.165, 1.54) is 5.56 Å². The van der Waals surface area contributed by atoms with Crippen LogP contribution in [0.2, 0.25) is 0 Å². The number of ether oxygens (including phenoxy) is 2. The van der Waals surface area contributed by atoms with Gasteiger partial charge in [0.05, 0.1) is 5.41 Å². The van der Waals surface area contributed by atoms with Gasteiger partial charge in [-0.2, -0.15) is 0 Å². The Labute approximate surface area is 171 Å². The monoisotopic (exact) mass is 388 g/mol. The summed E-state index contributed by atoms with van der Waals surface area (Å²) in [6.07, 6.45) is 3.47. The first-order valence-electron chi connectivity index (χ1n) is 9.80. The van der Waals surface area contributed by atoms with Gasteiger partial charge in [-0.05, 0) is 61.6 Å². The minimum Gasteiger partial charge on any atom is -0.454 e. The molecule has 5 nitrogen and oxygen atoms in total. The zero-order valence-electron chi connectivity index (χ0n) is 16.5. The van der Waals surface area contributed by atoms with Crippen molar-refractivity contribution in [2.75, 3.05) is 12.1 Å². The van der Waals surface area contributed by atoms with E-state index < -0.39 is 5.41 Å². The lowest BCUT2D eigenvalue weighted by Crippen LogP contribution is -2.28. The summed E-state index contributed by atoms with van der Waals surface area (Å²) >= 11 is 0. The van der Waals surface area contributed by atoms with Gasteiger partial charge in [0.1, 0.15) is 5.82 Å². The maximum atomic E-state index is 13.1. The third-order valence-corrected chi connectivity index (χ3v) is 5.79. The van der Waals surface area contributed by atoms with E-state index in [4.69, 9.17) is 9.47 Å². The smallest absolute Gasteiger partial charge is 0.236 e. The molecular weight excluding hydrogens is 364 g/mol. The van der Waals surface area contributed by atoms with Crippen molar-refractivity contribution in [3.63, 3.8) is 0 Å². The fourth-order valence-corrected chi connectivity index (χ4v) is 3.94. The van der Waals surface area contributed by atoms with Crippen molar-refractivity contribution in [1.82, 2.24) is 4.98 Å². The van der Waals surface area contributed by atoms with Crippen LogP contribution >= 0.6 is 0 Å². The fraction of sp³-hybridized carbons (Fsp3) is 0.250. The Hall–Kier alpha value is -3.34. The SMILES string of the molecule is Cc1cccc(-c2cnc(NC(=O)C3(c4ccc5c(c4)OCO5)CC3)cc2C)c1.[HH]. The predicted molar refractivity (Wildman–Crippen MR) is 113 cm³/mol. The van der Waals surface area contributed by atoms with Crippen LogP contribution in [0.25, 0.3) is 11.1 Å². The summed E-state index contributed by atoms with van der Waals surface area (Å²) in [6.45, 7) is 4.35. The molecule has 1 fully saturated rings. The van der Waals surface area contributed by atoms with Crippen molar-refractivity contribution in [3.05, 3.63) is 71.4 Å². The Morgan fingerprint density at radius 1 is 1.07 bits per heavy atom. The number of nitrogens with zero attached hydrogens (tertiary/aromatic N) is 1. The van der Waals surface area contributed by atoms with Crippen LogP contribution in [0.5, 0.6) is 11.5 Å². The third kappa shape index (κ3) is 3.12. The lowest BCUT2D eigenvalue weighted by Gasteiger charge is -2.16. The van der Waals surface area contributed by atoms with Crippen LogP contribution in [-0.2, 0) is 10.2 Å². The molecule has 1 saturated carbocycles. The molecule has 0 spiro atoms. The molecule has 2 aliphatic rings. The Balaban J connectivity index is 0.00000218. The first-order chi connectivity index (χ1) is 14.0. The number of benzene rings is 2. The number of hydrogen-bond acceptors (Lipinski definition) is 4. The van der Waals surface area contributed by atoms with Gasteiger partial charge in [-0.1, -0.05) is 35.9 Å². The molecule has 29 heavy (non-hydrogen) atoms. The molecule has 0 bridgehead atoms. The summed E-state index contributed by atoms with van der Waals surface area (Å²) in [6, 6.07) is 16.0. The Kier molecular flexibility index (Phi) is 4.05. The predicted octanol–water partition coefficient (Wildman–Crippen LogP) is 5.01. The van der Waals surface area contributed by atoms with Gasteiger partial charge >= 0.3 is 0 Å². The van der Waals surface area contributed by atoms with E-state index in [1.54, 1.807) is 0 Å². The van der Waals surface area contributed by atoms with Crippen LogP contribution in [0.3, 0.4) is 0 Å². The van der Waals surface area contributed by atoms with E-state index in [1.807, 2.05) is 43.5 Å². The fourth-order valence-electron chi connectivity index (χ4n) is 3.94. The summed E-state index contributed by atoms with van der Waals surface area (Å²) in [5.74, 6) is 1.99. The van der Waals surface area contributed by atoms with Crippen LogP contribution < -0.4 is 14.8 Å². The van der Waals surface area contributed by atoms with Crippen molar-refractivity contribution in [3.8, 4) is 22.6 Å². The first kappa shape index (κ1) is 17.7. The van der Waals surface area contributed by atoms with Gasteiger partial charge in [-0.15, -0.1) is 0 Å². The van der Waals surface area contributed by atoms with Crippen molar-refractivity contribution in [2.24, 2.45) is 0 Å². The van der Waals surface area contributed by atoms with Crippen molar-refractivity contribution >= 4 is 11.7 Å². The normalized spacial score (nSPS) is 15.8. The zero-order valence-corrected chi connectivity index (χ0v) is 16.5. The van der Waals surface area contributed by atoms with Crippen LogP contribution in [0, 0.1) is 13.8 Å². The summed E-state index contributed by atoms with van der Waals surface area (Å²) in [7, 11) is 0. The van der Waals surface area contributed by atoms with E-state index in [0.717, 1.165) is 40.8 Å². The highest BCUT2D eigenvalue weighted by molar-refractivity contribution is 6.01. The highest BCUT2D eigenvalue weighted by atomic mass is 16.7. The van der Waals surface area contributed by atoms with Gasteiger partial charge in [0.2, 0.25) is 12.7 Å². The number of fused-ring (bicyclic) bond motifs is 1. The number of carbonyl (C=O) groups is 1. The standard InChI is InChI=1S/C24H22N2O3.H2/c1-15-4-3-5-17(10-15)19-13-25-22(11-16(19)2)26-23(27)24(8-9-24)18-6-7-20-21(12-18)29-14-28-20;/h3-7,10-13H,8-9,14H2,1-2H3,(H,25,26,27);1H. The van der Waals surface area contributed by atoms with E-state index in [9.17, 15) is 4.79 Å². The Bertz CT molecular complexity index is 1130. The summed E-state index contributed by atoms with van der Waals surface area (Å²) in [4.78, 5) is 17.6. The first-order valence-corrected chi connectivity index (χ1v) is 9.80. The average molecular weight is 388 g/mol. The van der Waals surface area contributed by atoms with E-state index in [0.29, 0.717) is 11.6 Å². The average Bonchev–Trinajstić information content (AvgIpc) is 3.39. The molecule has 1 amide bonds. The van der Waals surface area contributed by atoms with Crippen LogP contribution in [0.1, 0.15) is 31.0 Å². The molecule has 1 aromatic heterocycles. The second kappa shape index (κ2) is 6.62. The van der Waals surface area contributed by atoms with Gasteiger partial charge in [-0.3, -0.25) is 4.79 Å². The van der Waals surface area contributed by atoms with Crippen molar-refractivity contribution in [1.29, 1.82) is 0 Å².